The summed E-state index contributed by atoms with van der Waals surface area (Å²) in [5, 5.41) is 3.69. The average molecular weight is 301 g/mol. The standard InChI is InChI=1S/C15H25ClN2S/c1-10-8-17-13(15(3,4)5)9-18(10)11(2)12-6-7-14(16)19-12/h6-7,10-11,13,17H,8-9H2,1-5H3. The fraction of sp³-hybridized carbons (Fsp3) is 0.733. The van der Waals surface area contributed by atoms with Crippen molar-refractivity contribution in [1.82, 2.24) is 10.2 Å². The second kappa shape index (κ2) is 5.72. The van der Waals surface area contributed by atoms with Crippen LogP contribution in [0.4, 0.5) is 0 Å². The van der Waals surface area contributed by atoms with E-state index < -0.39 is 0 Å². The minimum atomic E-state index is 0.297. The molecule has 1 aromatic heterocycles. The van der Waals surface area contributed by atoms with Crippen LogP contribution in [-0.2, 0) is 0 Å². The molecule has 0 radical (unpaired) electrons. The van der Waals surface area contributed by atoms with Gasteiger partial charge in [0.1, 0.15) is 0 Å². The van der Waals surface area contributed by atoms with Gasteiger partial charge in [-0.15, -0.1) is 11.3 Å². The van der Waals surface area contributed by atoms with Crippen molar-refractivity contribution in [2.75, 3.05) is 13.1 Å². The van der Waals surface area contributed by atoms with Crippen LogP contribution in [0.2, 0.25) is 4.34 Å². The summed E-state index contributed by atoms with van der Waals surface area (Å²) in [5.41, 5.74) is 0.297. The lowest BCUT2D eigenvalue weighted by Crippen LogP contribution is -2.59. The molecule has 1 saturated heterocycles. The molecule has 19 heavy (non-hydrogen) atoms. The molecular formula is C15H25ClN2S. The Morgan fingerprint density at radius 3 is 2.63 bits per heavy atom. The lowest BCUT2D eigenvalue weighted by atomic mass is 9.84. The Morgan fingerprint density at radius 2 is 2.11 bits per heavy atom. The van der Waals surface area contributed by atoms with Crippen molar-refractivity contribution in [3.05, 3.63) is 21.3 Å². The number of hydrogen-bond acceptors (Lipinski definition) is 3. The highest BCUT2D eigenvalue weighted by atomic mass is 35.5. The number of piperazine rings is 1. The average Bonchev–Trinajstić information content (AvgIpc) is 2.74. The van der Waals surface area contributed by atoms with Gasteiger partial charge in [-0.25, -0.2) is 0 Å². The van der Waals surface area contributed by atoms with Gasteiger partial charge in [0.2, 0.25) is 0 Å². The first-order chi connectivity index (χ1) is 8.79. The quantitative estimate of drug-likeness (QED) is 0.882. The molecule has 4 heteroatoms. The summed E-state index contributed by atoms with van der Waals surface area (Å²) in [4.78, 5) is 3.97. The fourth-order valence-corrected chi connectivity index (χ4v) is 3.86. The zero-order valence-electron chi connectivity index (χ0n) is 12.5. The van der Waals surface area contributed by atoms with Crippen molar-refractivity contribution < 1.29 is 0 Å². The first kappa shape index (κ1) is 15.3. The summed E-state index contributed by atoms with van der Waals surface area (Å²) in [6.45, 7) is 13.7. The Kier molecular flexibility index (Phi) is 4.61. The van der Waals surface area contributed by atoms with Crippen molar-refractivity contribution in [2.24, 2.45) is 5.41 Å². The number of halogens is 1. The predicted octanol–water partition coefficient (Wildman–Crippen LogP) is 4.17. The zero-order valence-corrected chi connectivity index (χ0v) is 14.1. The van der Waals surface area contributed by atoms with Crippen LogP contribution in [0, 0.1) is 5.41 Å². The first-order valence-electron chi connectivity index (χ1n) is 7.03. The molecule has 3 atom stereocenters. The van der Waals surface area contributed by atoms with Crippen LogP contribution in [0.25, 0.3) is 0 Å². The van der Waals surface area contributed by atoms with Gasteiger partial charge in [-0.3, -0.25) is 4.90 Å². The third kappa shape index (κ3) is 3.52. The first-order valence-corrected chi connectivity index (χ1v) is 8.23. The van der Waals surface area contributed by atoms with Gasteiger partial charge < -0.3 is 5.32 Å². The number of thiophene rings is 1. The normalized spacial score (nSPS) is 27.5. The van der Waals surface area contributed by atoms with Crippen LogP contribution in [0.15, 0.2) is 12.1 Å². The largest absolute Gasteiger partial charge is 0.311 e. The molecule has 0 bridgehead atoms. The van der Waals surface area contributed by atoms with Crippen LogP contribution in [0.3, 0.4) is 0 Å². The highest BCUT2D eigenvalue weighted by Crippen LogP contribution is 2.34. The Hall–Kier alpha value is -0.0900. The van der Waals surface area contributed by atoms with E-state index in [1.165, 1.54) is 4.88 Å². The molecule has 1 fully saturated rings. The molecule has 1 aliphatic rings. The van der Waals surface area contributed by atoms with E-state index in [1.54, 1.807) is 11.3 Å². The molecule has 0 saturated carbocycles. The molecular weight excluding hydrogens is 276 g/mol. The lowest BCUT2D eigenvalue weighted by molar-refractivity contribution is 0.0640. The number of nitrogens with one attached hydrogen (secondary N) is 1. The topological polar surface area (TPSA) is 15.3 Å². The molecule has 1 aliphatic heterocycles. The molecule has 1 aromatic rings. The number of hydrogen-bond donors (Lipinski definition) is 1. The molecule has 1 N–H and O–H groups in total. The molecule has 3 unspecified atom stereocenters. The molecule has 0 aliphatic carbocycles. The molecule has 2 heterocycles. The van der Waals surface area contributed by atoms with E-state index in [2.05, 4.69) is 50.9 Å². The second-order valence-corrected chi connectivity index (χ2v) is 8.44. The summed E-state index contributed by atoms with van der Waals surface area (Å²) < 4.78 is 0.886. The Balaban J connectivity index is 2.13. The third-order valence-electron chi connectivity index (χ3n) is 4.17. The molecule has 0 spiro atoms. The van der Waals surface area contributed by atoms with E-state index in [4.69, 9.17) is 11.6 Å². The fourth-order valence-electron chi connectivity index (χ4n) is 2.72. The second-order valence-electron chi connectivity index (χ2n) is 6.69. The Labute approximate surface area is 126 Å². The van der Waals surface area contributed by atoms with Crippen LogP contribution >= 0.6 is 22.9 Å². The summed E-state index contributed by atoms with van der Waals surface area (Å²) in [7, 11) is 0. The van der Waals surface area contributed by atoms with E-state index in [9.17, 15) is 0 Å². The van der Waals surface area contributed by atoms with Gasteiger partial charge in [0.25, 0.3) is 0 Å². The van der Waals surface area contributed by atoms with E-state index in [1.807, 2.05) is 6.07 Å². The van der Waals surface area contributed by atoms with Gasteiger partial charge in [-0.2, -0.15) is 0 Å². The Morgan fingerprint density at radius 1 is 1.42 bits per heavy atom. The van der Waals surface area contributed by atoms with Crippen LogP contribution in [0.1, 0.15) is 45.5 Å². The number of nitrogens with zero attached hydrogens (tertiary/aromatic N) is 1. The minimum absolute atomic E-state index is 0.297. The van der Waals surface area contributed by atoms with Gasteiger partial charge in [0, 0.05) is 36.1 Å². The monoisotopic (exact) mass is 300 g/mol. The van der Waals surface area contributed by atoms with Crippen LogP contribution < -0.4 is 5.32 Å². The van der Waals surface area contributed by atoms with Gasteiger partial charge in [0.15, 0.2) is 0 Å². The van der Waals surface area contributed by atoms with E-state index in [0.29, 0.717) is 23.5 Å². The zero-order chi connectivity index (χ0) is 14.2. The van der Waals surface area contributed by atoms with Crippen LogP contribution in [0.5, 0.6) is 0 Å². The van der Waals surface area contributed by atoms with Gasteiger partial charge >= 0.3 is 0 Å². The Bertz CT molecular complexity index is 424. The minimum Gasteiger partial charge on any atom is -0.311 e. The van der Waals surface area contributed by atoms with Crippen molar-refractivity contribution >= 4 is 22.9 Å². The highest BCUT2D eigenvalue weighted by molar-refractivity contribution is 7.16. The summed E-state index contributed by atoms with van der Waals surface area (Å²) in [6, 6.07) is 5.72. The van der Waals surface area contributed by atoms with Crippen molar-refractivity contribution in [2.45, 2.75) is 52.7 Å². The van der Waals surface area contributed by atoms with E-state index >= 15 is 0 Å². The van der Waals surface area contributed by atoms with Crippen molar-refractivity contribution in [1.29, 1.82) is 0 Å². The molecule has 0 amide bonds. The predicted molar refractivity (Wildman–Crippen MR) is 85.2 cm³/mol. The summed E-state index contributed by atoms with van der Waals surface area (Å²) in [5.74, 6) is 0. The molecule has 2 rings (SSSR count). The summed E-state index contributed by atoms with van der Waals surface area (Å²) >= 11 is 7.77. The lowest BCUT2D eigenvalue weighted by Gasteiger charge is -2.46. The maximum Gasteiger partial charge on any atom is 0.0931 e. The molecule has 0 aromatic carbocycles. The van der Waals surface area contributed by atoms with E-state index in [0.717, 1.165) is 17.4 Å². The SMILES string of the molecule is CC1CNC(C(C)(C)C)CN1C(C)c1ccc(Cl)s1. The number of rotatable bonds is 2. The van der Waals surface area contributed by atoms with Gasteiger partial charge in [-0.1, -0.05) is 32.4 Å². The van der Waals surface area contributed by atoms with Crippen molar-refractivity contribution in [3.63, 3.8) is 0 Å². The third-order valence-corrected chi connectivity index (χ3v) is 5.57. The smallest absolute Gasteiger partial charge is 0.0931 e. The highest BCUT2D eigenvalue weighted by Gasteiger charge is 2.34. The maximum absolute atomic E-state index is 6.07. The van der Waals surface area contributed by atoms with Crippen molar-refractivity contribution in [3.8, 4) is 0 Å². The molecule has 108 valence electrons. The van der Waals surface area contributed by atoms with Gasteiger partial charge in [-0.05, 0) is 31.4 Å². The van der Waals surface area contributed by atoms with Crippen LogP contribution in [-0.4, -0.2) is 30.1 Å². The maximum atomic E-state index is 6.07. The summed E-state index contributed by atoms with van der Waals surface area (Å²) in [6.07, 6.45) is 0. The van der Waals surface area contributed by atoms with Gasteiger partial charge in [0.05, 0.1) is 4.34 Å². The molecule has 2 nitrogen and oxygen atoms in total. The van der Waals surface area contributed by atoms with E-state index in [-0.39, 0.29) is 0 Å².